The van der Waals surface area contributed by atoms with Gasteiger partial charge < -0.3 is 11.1 Å². The topological polar surface area (TPSA) is 55.1 Å². The van der Waals surface area contributed by atoms with Gasteiger partial charge in [-0.1, -0.05) is 12.1 Å². The zero-order valence-electron chi connectivity index (χ0n) is 8.70. The second-order valence-electron chi connectivity index (χ2n) is 4.17. The van der Waals surface area contributed by atoms with Crippen molar-refractivity contribution in [1.29, 1.82) is 0 Å². The highest BCUT2D eigenvalue weighted by Gasteiger charge is 2.21. The zero-order chi connectivity index (χ0) is 10.7. The Bertz CT molecular complexity index is 358. The SMILES string of the molecule is Nc1cccc(CC(=O)NCC2CC2)c1. The summed E-state index contributed by atoms with van der Waals surface area (Å²) >= 11 is 0. The van der Waals surface area contributed by atoms with Gasteiger partial charge in [0, 0.05) is 12.2 Å². The van der Waals surface area contributed by atoms with Crippen molar-refractivity contribution in [3.8, 4) is 0 Å². The maximum atomic E-state index is 11.5. The van der Waals surface area contributed by atoms with Crippen molar-refractivity contribution in [2.45, 2.75) is 19.3 Å². The number of nitrogen functional groups attached to an aromatic ring is 1. The molecule has 3 heteroatoms. The van der Waals surface area contributed by atoms with Gasteiger partial charge in [-0.25, -0.2) is 0 Å². The summed E-state index contributed by atoms with van der Waals surface area (Å²) in [4.78, 5) is 11.5. The largest absolute Gasteiger partial charge is 0.399 e. The third-order valence-corrected chi connectivity index (χ3v) is 2.60. The molecule has 0 saturated heterocycles. The highest BCUT2D eigenvalue weighted by molar-refractivity contribution is 5.78. The first kappa shape index (κ1) is 10.0. The standard InChI is InChI=1S/C12H16N2O/c13-11-3-1-2-10(6-11)7-12(15)14-8-9-4-5-9/h1-3,6,9H,4-5,7-8,13H2,(H,14,15). The molecule has 3 nitrogen and oxygen atoms in total. The summed E-state index contributed by atoms with van der Waals surface area (Å²) in [6.07, 6.45) is 2.95. The van der Waals surface area contributed by atoms with E-state index in [0.29, 0.717) is 12.1 Å². The van der Waals surface area contributed by atoms with Gasteiger partial charge in [-0.15, -0.1) is 0 Å². The number of carbonyl (C=O) groups excluding carboxylic acids is 1. The number of hydrogen-bond donors (Lipinski definition) is 2. The van der Waals surface area contributed by atoms with Gasteiger partial charge in [-0.2, -0.15) is 0 Å². The van der Waals surface area contributed by atoms with Gasteiger partial charge in [0.05, 0.1) is 6.42 Å². The number of nitrogens with one attached hydrogen (secondary N) is 1. The molecule has 0 heterocycles. The number of benzene rings is 1. The van der Waals surface area contributed by atoms with Crippen LogP contribution in [0.1, 0.15) is 18.4 Å². The average Bonchev–Trinajstić information content (AvgIpc) is 2.98. The molecule has 1 amide bonds. The molecule has 2 rings (SSSR count). The minimum atomic E-state index is 0.0903. The van der Waals surface area contributed by atoms with Crippen LogP contribution in [0.2, 0.25) is 0 Å². The Morgan fingerprint density at radius 2 is 2.27 bits per heavy atom. The van der Waals surface area contributed by atoms with E-state index < -0.39 is 0 Å². The van der Waals surface area contributed by atoms with Crippen LogP contribution in [0.25, 0.3) is 0 Å². The van der Waals surface area contributed by atoms with Crippen LogP contribution < -0.4 is 11.1 Å². The van der Waals surface area contributed by atoms with Crippen molar-refractivity contribution in [3.63, 3.8) is 0 Å². The smallest absolute Gasteiger partial charge is 0.224 e. The Hall–Kier alpha value is -1.51. The number of nitrogens with two attached hydrogens (primary N) is 1. The Labute approximate surface area is 89.7 Å². The first-order chi connectivity index (χ1) is 7.24. The Morgan fingerprint density at radius 1 is 1.47 bits per heavy atom. The Morgan fingerprint density at radius 3 is 2.93 bits per heavy atom. The van der Waals surface area contributed by atoms with Crippen molar-refractivity contribution in [3.05, 3.63) is 29.8 Å². The van der Waals surface area contributed by atoms with Gasteiger partial charge in [0.25, 0.3) is 0 Å². The average molecular weight is 204 g/mol. The van der Waals surface area contributed by atoms with E-state index in [2.05, 4.69) is 5.32 Å². The van der Waals surface area contributed by atoms with Crippen molar-refractivity contribution >= 4 is 11.6 Å². The van der Waals surface area contributed by atoms with E-state index in [1.165, 1.54) is 12.8 Å². The molecule has 0 aromatic heterocycles. The summed E-state index contributed by atoms with van der Waals surface area (Å²) in [5.41, 5.74) is 7.32. The second kappa shape index (κ2) is 4.34. The molecule has 1 aromatic rings. The lowest BCUT2D eigenvalue weighted by Crippen LogP contribution is -2.27. The van der Waals surface area contributed by atoms with Crippen LogP contribution in [0.4, 0.5) is 5.69 Å². The number of anilines is 1. The van der Waals surface area contributed by atoms with Gasteiger partial charge in [0.1, 0.15) is 0 Å². The molecule has 1 aliphatic carbocycles. The summed E-state index contributed by atoms with van der Waals surface area (Å²) in [5.74, 6) is 0.822. The lowest BCUT2D eigenvalue weighted by molar-refractivity contribution is -0.120. The van der Waals surface area contributed by atoms with Crippen LogP contribution in [0.5, 0.6) is 0 Å². The number of hydrogen-bond acceptors (Lipinski definition) is 2. The third kappa shape index (κ3) is 3.27. The summed E-state index contributed by atoms with van der Waals surface area (Å²) < 4.78 is 0. The molecule has 1 aliphatic rings. The van der Waals surface area contributed by atoms with Gasteiger partial charge >= 0.3 is 0 Å². The predicted octanol–water partition coefficient (Wildman–Crippen LogP) is 1.34. The molecule has 0 atom stereocenters. The van der Waals surface area contributed by atoms with Crippen LogP contribution in [0, 0.1) is 5.92 Å². The van der Waals surface area contributed by atoms with E-state index >= 15 is 0 Å². The fraction of sp³-hybridized carbons (Fsp3) is 0.417. The molecule has 1 fully saturated rings. The first-order valence-electron chi connectivity index (χ1n) is 5.35. The first-order valence-corrected chi connectivity index (χ1v) is 5.35. The Kier molecular flexibility index (Phi) is 2.90. The van der Waals surface area contributed by atoms with Crippen molar-refractivity contribution in [2.75, 3.05) is 12.3 Å². The lowest BCUT2D eigenvalue weighted by Gasteiger charge is -2.04. The normalized spacial score (nSPS) is 14.9. The Balaban J connectivity index is 1.81. The number of carbonyl (C=O) groups is 1. The summed E-state index contributed by atoms with van der Waals surface area (Å²) in [7, 11) is 0. The molecule has 0 radical (unpaired) electrons. The molecule has 1 aromatic carbocycles. The molecule has 0 unspecified atom stereocenters. The monoisotopic (exact) mass is 204 g/mol. The van der Waals surface area contributed by atoms with Gasteiger partial charge in [0.15, 0.2) is 0 Å². The van der Waals surface area contributed by atoms with E-state index in [-0.39, 0.29) is 5.91 Å². The fourth-order valence-corrected chi connectivity index (χ4v) is 1.53. The molecular weight excluding hydrogens is 188 g/mol. The van der Waals surface area contributed by atoms with E-state index in [9.17, 15) is 4.79 Å². The lowest BCUT2D eigenvalue weighted by atomic mass is 10.1. The fourth-order valence-electron chi connectivity index (χ4n) is 1.53. The highest BCUT2D eigenvalue weighted by atomic mass is 16.1. The predicted molar refractivity (Wildman–Crippen MR) is 60.3 cm³/mol. The number of amides is 1. The molecule has 15 heavy (non-hydrogen) atoms. The van der Waals surface area contributed by atoms with E-state index in [0.717, 1.165) is 18.0 Å². The van der Waals surface area contributed by atoms with Crippen LogP contribution >= 0.6 is 0 Å². The minimum Gasteiger partial charge on any atom is -0.399 e. The molecule has 0 spiro atoms. The summed E-state index contributed by atoms with van der Waals surface area (Å²) in [5, 5.41) is 2.93. The maximum absolute atomic E-state index is 11.5. The van der Waals surface area contributed by atoms with Gasteiger partial charge in [-0.05, 0) is 36.5 Å². The molecule has 1 saturated carbocycles. The van der Waals surface area contributed by atoms with Crippen molar-refractivity contribution in [1.82, 2.24) is 5.32 Å². The molecule has 0 bridgehead atoms. The van der Waals surface area contributed by atoms with Crippen LogP contribution in [-0.2, 0) is 11.2 Å². The van der Waals surface area contributed by atoms with Gasteiger partial charge in [-0.3, -0.25) is 4.79 Å². The third-order valence-electron chi connectivity index (χ3n) is 2.60. The summed E-state index contributed by atoms with van der Waals surface area (Å²) in [6.45, 7) is 0.834. The maximum Gasteiger partial charge on any atom is 0.224 e. The van der Waals surface area contributed by atoms with Gasteiger partial charge in [0.2, 0.25) is 5.91 Å². The van der Waals surface area contributed by atoms with E-state index in [1.807, 2.05) is 24.3 Å². The summed E-state index contributed by atoms with van der Waals surface area (Å²) in [6, 6.07) is 7.47. The molecule has 0 aliphatic heterocycles. The van der Waals surface area contributed by atoms with Crippen molar-refractivity contribution < 1.29 is 4.79 Å². The molecular formula is C12H16N2O. The minimum absolute atomic E-state index is 0.0903. The van der Waals surface area contributed by atoms with Crippen molar-refractivity contribution in [2.24, 2.45) is 5.92 Å². The zero-order valence-corrected chi connectivity index (χ0v) is 8.70. The van der Waals surface area contributed by atoms with Crippen LogP contribution in [0.3, 0.4) is 0 Å². The quantitative estimate of drug-likeness (QED) is 0.727. The highest BCUT2D eigenvalue weighted by Crippen LogP contribution is 2.27. The number of rotatable bonds is 4. The molecule has 80 valence electrons. The van der Waals surface area contributed by atoms with Crippen LogP contribution in [0.15, 0.2) is 24.3 Å². The van der Waals surface area contributed by atoms with E-state index in [4.69, 9.17) is 5.73 Å². The second-order valence-corrected chi connectivity index (χ2v) is 4.17. The molecule has 3 N–H and O–H groups in total. The van der Waals surface area contributed by atoms with E-state index in [1.54, 1.807) is 0 Å². The van der Waals surface area contributed by atoms with Crippen LogP contribution in [-0.4, -0.2) is 12.5 Å².